The van der Waals surface area contributed by atoms with Crippen molar-refractivity contribution >= 4 is 0 Å². The maximum atomic E-state index is 5.40. The Morgan fingerprint density at radius 2 is 1.96 bits per heavy atom. The third-order valence-corrected chi connectivity index (χ3v) is 3.68. The number of hydrogen-bond acceptors (Lipinski definition) is 5. The van der Waals surface area contributed by atoms with Gasteiger partial charge in [-0.3, -0.25) is 0 Å². The molecule has 0 unspecified atom stereocenters. The molecule has 124 valence electrons. The van der Waals surface area contributed by atoms with E-state index < -0.39 is 0 Å². The van der Waals surface area contributed by atoms with E-state index >= 15 is 0 Å². The minimum atomic E-state index is 0.680. The summed E-state index contributed by atoms with van der Waals surface area (Å²) in [5.41, 5.74) is 2.19. The van der Waals surface area contributed by atoms with Crippen LogP contribution in [0, 0.1) is 0 Å². The smallest absolute Gasteiger partial charge is 0.153 e. The largest absolute Gasteiger partial charge is 0.497 e. The second-order valence-electron chi connectivity index (χ2n) is 5.25. The van der Waals surface area contributed by atoms with Crippen LogP contribution in [0.2, 0.25) is 0 Å². The summed E-state index contributed by atoms with van der Waals surface area (Å²) in [6, 6.07) is 11.7. The van der Waals surface area contributed by atoms with Crippen LogP contribution in [-0.4, -0.2) is 29.0 Å². The summed E-state index contributed by atoms with van der Waals surface area (Å²) in [5, 5.41) is 7.62. The van der Waals surface area contributed by atoms with E-state index in [0.717, 1.165) is 35.0 Å². The fraction of sp³-hybridized carbons (Fsp3) is 0.222. The molecule has 1 aromatic carbocycles. The van der Waals surface area contributed by atoms with E-state index in [1.807, 2.05) is 42.6 Å². The molecule has 6 heteroatoms. The summed E-state index contributed by atoms with van der Waals surface area (Å²) < 4.78 is 12.4. The topological polar surface area (TPSA) is 61.2 Å². The first-order chi connectivity index (χ1) is 11.8. The van der Waals surface area contributed by atoms with Crippen molar-refractivity contribution in [1.82, 2.24) is 20.1 Å². The summed E-state index contributed by atoms with van der Waals surface area (Å²) >= 11 is 0. The number of aromatic nitrogens is 3. The molecule has 2 aromatic heterocycles. The minimum absolute atomic E-state index is 0.680. The van der Waals surface area contributed by atoms with Crippen LogP contribution in [0.15, 0.2) is 55.0 Å². The number of benzene rings is 1. The maximum Gasteiger partial charge on any atom is 0.153 e. The molecule has 2 heterocycles. The first kappa shape index (κ1) is 16.0. The summed E-state index contributed by atoms with van der Waals surface area (Å²) in [4.78, 5) is 4.33. The third-order valence-electron chi connectivity index (χ3n) is 3.68. The summed E-state index contributed by atoms with van der Waals surface area (Å²) in [6.07, 6.45) is 5.41. The van der Waals surface area contributed by atoms with Crippen LogP contribution >= 0.6 is 0 Å². The van der Waals surface area contributed by atoms with Crippen molar-refractivity contribution in [3.05, 3.63) is 66.1 Å². The molecule has 0 bridgehead atoms. The highest BCUT2D eigenvalue weighted by Gasteiger charge is 2.05. The van der Waals surface area contributed by atoms with Crippen molar-refractivity contribution in [2.45, 2.75) is 13.1 Å². The van der Waals surface area contributed by atoms with Gasteiger partial charge in [0.25, 0.3) is 0 Å². The van der Waals surface area contributed by atoms with Gasteiger partial charge in [-0.15, -0.1) is 0 Å². The average Bonchev–Trinajstić information content (AvgIpc) is 3.16. The van der Waals surface area contributed by atoms with Gasteiger partial charge in [0.15, 0.2) is 5.82 Å². The number of methoxy groups -OCH3 is 2. The van der Waals surface area contributed by atoms with Crippen LogP contribution in [0.5, 0.6) is 11.5 Å². The van der Waals surface area contributed by atoms with Gasteiger partial charge in [-0.1, -0.05) is 0 Å². The van der Waals surface area contributed by atoms with Gasteiger partial charge in [-0.2, -0.15) is 5.10 Å². The lowest BCUT2D eigenvalue weighted by atomic mass is 10.1. The molecule has 0 aliphatic carbocycles. The molecule has 0 saturated carbocycles. The van der Waals surface area contributed by atoms with Crippen LogP contribution in [0.3, 0.4) is 0 Å². The van der Waals surface area contributed by atoms with Crippen LogP contribution in [0.4, 0.5) is 0 Å². The SMILES string of the molecule is COc1ccc(OC)c(CNCc2ccnc(-n3cccn3)c2)c1. The van der Waals surface area contributed by atoms with Gasteiger partial charge in [0, 0.05) is 37.2 Å². The number of ether oxygens (including phenoxy) is 2. The molecule has 0 fully saturated rings. The molecule has 0 atom stereocenters. The molecule has 1 N–H and O–H groups in total. The number of rotatable bonds is 7. The van der Waals surface area contributed by atoms with E-state index in [2.05, 4.69) is 15.4 Å². The highest BCUT2D eigenvalue weighted by Crippen LogP contribution is 2.23. The first-order valence-electron chi connectivity index (χ1n) is 7.66. The first-order valence-corrected chi connectivity index (χ1v) is 7.66. The quantitative estimate of drug-likeness (QED) is 0.724. The predicted octanol–water partition coefficient (Wildman–Crippen LogP) is 2.57. The maximum absolute atomic E-state index is 5.40. The summed E-state index contributed by atoms with van der Waals surface area (Å²) in [7, 11) is 3.33. The number of hydrogen-bond donors (Lipinski definition) is 1. The molecule has 0 saturated heterocycles. The molecule has 6 nitrogen and oxygen atoms in total. The third kappa shape index (κ3) is 3.72. The van der Waals surface area contributed by atoms with E-state index in [4.69, 9.17) is 9.47 Å². The molecule has 24 heavy (non-hydrogen) atoms. The Labute approximate surface area is 141 Å². The molecule has 0 amide bonds. The van der Waals surface area contributed by atoms with Crippen molar-refractivity contribution in [3.8, 4) is 17.3 Å². The lowest BCUT2D eigenvalue weighted by Gasteiger charge is -2.12. The van der Waals surface area contributed by atoms with E-state index in [9.17, 15) is 0 Å². The van der Waals surface area contributed by atoms with Crippen molar-refractivity contribution in [3.63, 3.8) is 0 Å². The van der Waals surface area contributed by atoms with Crippen LogP contribution < -0.4 is 14.8 Å². The van der Waals surface area contributed by atoms with Crippen molar-refractivity contribution in [1.29, 1.82) is 0 Å². The molecular formula is C18H20N4O2. The van der Waals surface area contributed by atoms with E-state index in [0.29, 0.717) is 6.54 Å². The highest BCUT2D eigenvalue weighted by molar-refractivity contribution is 5.40. The highest BCUT2D eigenvalue weighted by atomic mass is 16.5. The van der Waals surface area contributed by atoms with Gasteiger partial charge in [0.1, 0.15) is 11.5 Å². The Hall–Kier alpha value is -2.86. The Bertz CT molecular complexity index is 787. The fourth-order valence-electron chi connectivity index (χ4n) is 2.46. The van der Waals surface area contributed by atoms with Gasteiger partial charge in [0.2, 0.25) is 0 Å². The second kappa shape index (κ2) is 7.61. The van der Waals surface area contributed by atoms with Crippen molar-refractivity contribution in [2.75, 3.05) is 14.2 Å². The molecule has 3 aromatic rings. The molecule has 0 spiro atoms. The number of pyridine rings is 1. The minimum Gasteiger partial charge on any atom is -0.497 e. The van der Waals surface area contributed by atoms with Crippen molar-refractivity contribution in [2.24, 2.45) is 0 Å². The monoisotopic (exact) mass is 324 g/mol. The molecule has 0 radical (unpaired) electrons. The lowest BCUT2D eigenvalue weighted by Crippen LogP contribution is -2.14. The van der Waals surface area contributed by atoms with Gasteiger partial charge >= 0.3 is 0 Å². The van der Waals surface area contributed by atoms with Gasteiger partial charge in [-0.25, -0.2) is 9.67 Å². The molecule has 0 aliphatic rings. The zero-order valence-corrected chi connectivity index (χ0v) is 13.8. The number of nitrogens with one attached hydrogen (secondary N) is 1. The second-order valence-corrected chi connectivity index (χ2v) is 5.25. The zero-order valence-electron chi connectivity index (χ0n) is 13.8. The Morgan fingerprint density at radius 1 is 1.04 bits per heavy atom. The Kier molecular flexibility index (Phi) is 5.08. The molecule has 3 rings (SSSR count). The van der Waals surface area contributed by atoms with Crippen LogP contribution in [0.25, 0.3) is 5.82 Å². The van der Waals surface area contributed by atoms with Crippen molar-refractivity contribution < 1.29 is 9.47 Å². The standard InChI is InChI=1S/C18H20N4O2/c1-23-16-4-5-17(24-2)15(11-16)13-19-12-14-6-8-20-18(10-14)22-9-3-7-21-22/h3-11,19H,12-13H2,1-2H3. The normalized spacial score (nSPS) is 10.6. The van der Waals surface area contributed by atoms with E-state index in [-0.39, 0.29) is 0 Å². The van der Waals surface area contributed by atoms with E-state index in [1.165, 1.54) is 0 Å². The average molecular weight is 324 g/mol. The van der Waals surface area contributed by atoms with Gasteiger partial charge in [-0.05, 0) is 42.0 Å². The predicted molar refractivity (Wildman–Crippen MR) is 91.4 cm³/mol. The molecular weight excluding hydrogens is 304 g/mol. The summed E-state index contributed by atoms with van der Waals surface area (Å²) in [5.74, 6) is 2.46. The van der Waals surface area contributed by atoms with Gasteiger partial charge < -0.3 is 14.8 Å². The fourth-order valence-corrected chi connectivity index (χ4v) is 2.46. The zero-order chi connectivity index (χ0) is 16.8. The lowest BCUT2D eigenvalue weighted by molar-refractivity contribution is 0.397. The van der Waals surface area contributed by atoms with Crippen LogP contribution in [-0.2, 0) is 13.1 Å². The van der Waals surface area contributed by atoms with Crippen LogP contribution in [0.1, 0.15) is 11.1 Å². The van der Waals surface area contributed by atoms with Gasteiger partial charge in [0.05, 0.1) is 14.2 Å². The van der Waals surface area contributed by atoms with E-state index in [1.54, 1.807) is 31.3 Å². The molecule has 0 aliphatic heterocycles. The summed E-state index contributed by atoms with van der Waals surface area (Å²) in [6.45, 7) is 1.40. The Balaban J connectivity index is 1.66. The Morgan fingerprint density at radius 3 is 2.71 bits per heavy atom. The number of nitrogens with zero attached hydrogens (tertiary/aromatic N) is 3.